The van der Waals surface area contributed by atoms with Crippen molar-refractivity contribution in [1.29, 1.82) is 0 Å². The number of hydrogen-bond acceptors (Lipinski definition) is 8. The molecular weight excluding hydrogens is 508 g/mol. The van der Waals surface area contributed by atoms with Crippen LogP contribution in [0.3, 0.4) is 0 Å². The number of aromatic nitrogens is 2. The summed E-state index contributed by atoms with van der Waals surface area (Å²) in [7, 11) is 5.60. The molecule has 1 N–H and O–H groups in total. The normalized spacial score (nSPS) is 11.7. The summed E-state index contributed by atoms with van der Waals surface area (Å²) < 4.78 is 29.0. The van der Waals surface area contributed by atoms with Gasteiger partial charge >= 0.3 is 5.56 Å². The van der Waals surface area contributed by atoms with Gasteiger partial charge in [-0.3, -0.25) is 9.36 Å². The molecule has 2 aromatic carbocycles. The predicted molar refractivity (Wildman–Crippen MR) is 148 cm³/mol. The average Bonchev–Trinajstić information content (AvgIpc) is 2.95. The van der Waals surface area contributed by atoms with Crippen LogP contribution in [0.25, 0.3) is 11.0 Å². The Morgan fingerprint density at radius 2 is 1.61 bits per heavy atom. The van der Waals surface area contributed by atoms with Crippen molar-refractivity contribution in [3.05, 3.63) is 70.6 Å². The molecule has 38 heavy (non-hydrogen) atoms. The van der Waals surface area contributed by atoms with Gasteiger partial charge in [-0.1, -0.05) is 12.1 Å². The summed E-state index contributed by atoms with van der Waals surface area (Å²) in [5.74, 6) is 3.19. The summed E-state index contributed by atoms with van der Waals surface area (Å²) in [6.45, 7) is 0.615. The van der Waals surface area contributed by atoms with E-state index in [9.17, 15) is 9.90 Å². The molecule has 0 bridgehead atoms. The van der Waals surface area contributed by atoms with Crippen LogP contribution in [0.15, 0.2) is 64.4 Å². The monoisotopic (exact) mass is 539 g/mol. The van der Waals surface area contributed by atoms with Gasteiger partial charge < -0.3 is 28.8 Å². The molecule has 2 aromatic heterocycles. The van der Waals surface area contributed by atoms with Gasteiger partial charge in [-0.25, -0.2) is 4.98 Å². The van der Waals surface area contributed by atoms with E-state index in [0.717, 1.165) is 11.3 Å². The zero-order valence-electron chi connectivity index (χ0n) is 22.0. The molecule has 0 fully saturated rings. The minimum Gasteiger partial charge on any atom is -0.503 e. The first-order valence-corrected chi connectivity index (χ1v) is 13.6. The second-order valence-corrected chi connectivity index (χ2v) is 10.4. The van der Waals surface area contributed by atoms with E-state index in [1.165, 1.54) is 7.11 Å². The maximum atomic E-state index is 13.7. The number of nitrogens with zero attached hydrogens (tertiary/aromatic N) is 2. The lowest BCUT2D eigenvalue weighted by Gasteiger charge is -2.15. The third-order valence-corrected chi connectivity index (χ3v) is 7.94. The van der Waals surface area contributed by atoms with Gasteiger partial charge in [-0.2, -0.15) is 0 Å². The fourth-order valence-corrected chi connectivity index (χ4v) is 5.53. The largest absolute Gasteiger partial charge is 0.503 e. The molecule has 0 aliphatic rings. The van der Waals surface area contributed by atoms with Crippen LogP contribution in [0.4, 0.5) is 0 Å². The first-order chi connectivity index (χ1) is 18.4. The summed E-state index contributed by atoms with van der Waals surface area (Å²) in [5.41, 5.74) is 1.07. The quantitative estimate of drug-likeness (QED) is 0.287. The first-order valence-electron chi connectivity index (χ1n) is 11.8. The molecular formula is C28H31N2O7S+. The van der Waals surface area contributed by atoms with Crippen molar-refractivity contribution in [3.63, 3.8) is 0 Å². The number of aromatic hydroxyl groups is 1. The van der Waals surface area contributed by atoms with E-state index in [-0.39, 0.29) is 11.3 Å². The highest BCUT2D eigenvalue weighted by molar-refractivity contribution is 7.96. The molecule has 200 valence electrons. The first kappa shape index (κ1) is 27.0. The SMILES string of the molecule is COc1ccc(Cn2c(=O)c([S+](C)CCOc3cc(OC)c(OC)c(OC)c3)c(O)c3cccnc32)cc1. The summed E-state index contributed by atoms with van der Waals surface area (Å²) >= 11 is 0. The molecule has 0 saturated carbocycles. The van der Waals surface area contributed by atoms with Crippen molar-refractivity contribution < 1.29 is 28.8 Å². The molecule has 4 rings (SSSR count). The third-order valence-electron chi connectivity index (χ3n) is 6.10. The molecule has 0 amide bonds. The lowest BCUT2D eigenvalue weighted by atomic mass is 10.2. The van der Waals surface area contributed by atoms with Crippen LogP contribution >= 0.6 is 0 Å². The van der Waals surface area contributed by atoms with Gasteiger partial charge in [0.15, 0.2) is 17.2 Å². The van der Waals surface area contributed by atoms with Crippen LogP contribution in [-0.4, -0.2) is 61.7 Å². The lowest BCUT2D eigenvalue weighted by molar-refractivity contribution is 0.309. The summed E-state index contributed by atoms with van der Waals surface area (Å²) in [4.78, 5) is 18.5. The second kappa shape index (κ2) is 12.0. The average molecular weight is 540 g/mol. The van der Waals surface area contributed by atoms with Crippen molar-refractivity contribution in [2.24, 2.45) is 0 Å². The van der Waals surface area contributed by atoms with Gasteiger partial charge in [0, 0.05) is 29.2 Å². The molecule has 0 saturated heterocycles. The van der Waals surface area contributed by atoms with Gasteiger partial charge in [0.25, 0.3) is 4.90 Å². The highest BCUT2D eigenvalue weighted by Gasteiger charge is 2.29. The minimum absolute atomic E-state index is 0.0392. The fourth-order valence-electron chi connectivity index (χ4n) is 4.14. The Balaban J connectivity index is 1.61. The van der Waals surface area contributed by atoms with Gasteiger partial charge in [0.1, 0.15) is 35.8 Å². The van der Waals surface area contributed by atoms with E-state index in [0.29, 0.717) is 57.8 Å². The molecule has 2 heterocycles. The number of hydrogen-bond donors (Lipinski definition) is 1. The zero-order valence-corrected chi connectivity index (χ0v) is 22.8. The topological polar surface area (TPSA) is 101 Å². The number of benzene rings is 2. The maximum absolute atomic E-state index is 13.7. The Bertz CT molecular complexity index is 1450. The number of methoxy groups -OCH3 is 4. The van der Waals surface area contributed by atoms with E-state index in [4.69, 9.17) is 23.7 Å². The van der Waals surface area contributed by atoms with Crippen LogP contribution in [0, 0.1) is 0 Å². The van der Waals surface area contributed by atoms with Gasteiger partial charge in [-0.15, -0.1) is 0 Å². The third kappa shape index (κ3) is 5.45. The summed E-state index contributed by atoms with van der Waals surface area (Å²) in [6.07, 6.45) is 3.54. The lowest BCUT2D eigenvalue weighted by Crippen LogP contribution is -2.29. The molecule has 0 spiro atoms. The van der Waals surface area contributed by atoms with Crippen LogP contribution in [0.1, 0.15) is 5.56 Å². The number of ether oxygens (including phenoxy) is 5. The highest BCUT2D eigenvalue weighted by Crippen LogP contribution is 2.40. The number of rotatable bonds is 11. The molecule has 0 radical (unpaired) electrons. The Morgan fingerprint density at radius 1 is 0.921 bits per heavy atom. The molecule has 0 aliphatic heterocycles. The Kier molecular flexibility index (Phi) is 8.52. The van der Waals surface area contributed by atoms with Crippen molar-refractivity contribution in [3.8, 4) is 34.5 Å². The van der Waals surface area contributed by atoms with Gasteiger partial charge in [0.05, 0.1) is 40.4 Å². The highest BCUT2D eigenvalue weighted by atomic mass is 32.2. The van der Waals surface area contributed by atoms with Gasteiger partial charge in [-0.05, 0) is 29.8 Å². The van der Waals surface area contributed by atoms with Crippen molar-refractivity contribution >= 4 is 21.9 Å². The van der Waals surface area contributed by atoms with E-state index >= 15 is 0 Å². The molecule has 9 nitrogen and oxygen atoms in total. The second-order valence-electron chi connectivity index (χ2n) is 8.34. The van der Waals surface area contributed by atoms with E-state index < -0.39 is 10.9 Å². The van der Waals surface area contributed by atoms with Crippen LogP contribution in [0.2, 0.25) is 0 Å². The Morgan fingerprint density at radius 3 is 2.21 bits per heavy atom. The van der Waals surface area contributed by atoms with Crippen LogP contribution < -0.4 is 29.2 Å². The van der Waals surface area contributed by atoms with Crippen LogP contribution in [0.5, 0.6) is 34.5 Å². The van der Waals surface area contributed by atoms with E-state index in [2.05, 4.69) is 4.98 Å². The molecule has 10 heteroatoms. The molecule has 1 unspecified atom stereocenters. The van der Waals surface area contributed by atoms with E-state index in [1.807, 2.05) is 30.5 Å². The van der Waals surface area contributed by atoms with Crippen molar-refractivity contribution in [2.45, 2.75) is 11.4 Å². The predicted octanol–water partition coefficient (Wildman–Crippen LogP) is 3.87. The number of pyridine rings is 2. The summed E-state index contributed by atoms with van der Waals surface area (Å²) in [6, 6.07) is 14.5. The van der Waals surface area contributed by atoms with Crippen LogP contribution in [-0.2, 0) is 17.4 Å². The smallest absolute Gasteiger partial charge is 0.311 e. The molecule has 1 atom stereocenters. The van der Waals surface area contributed by atoms with Crippen molar-refractivity contribution in [1.82, 2.24) is 9.55 Å². The standard InChI is InChI=1S/C28H30N2O7S/c1-33-19-10-8-18(9-11-19)17-30-27-21(7-6-12-29-27)24(31)26(28(30)32)38(5)14-13-37-20-15-22(34-2)25(36-4)23(16-20)35-3/h6-12,15-16H,13-14,17H2,1-5H3/p+1. The molecule has 4 aromatic rings. The van der Waals surface area contributed by atoms with Gasteiger partial charge in [0.2, 0.25) is 5.75 Å². The number of fused-ring (bicyclic) bond motifs is 1. The Labute approximate surface area is 223 Å². The zero-order chi connectivity index (χ0) is 27.2. The molecule has 0 aliphatic carbocycles. The fraction of sp³-hybridized carbons (Fsp3) is 0.286. The minimum atomic E-state index is -0.623. The maximum Gasteiger partial charge on any atom is 0.311 e. The van der Waals surface area contributed by atoms with Crippen molar-refractivity contribution in [2.75, 3.05) is 47.1 Å². The Hall–Kier alpha value is -4.05. The summed E-state index contributed by atoms with van der Waals surface area (Å²) in [5, 5.41) is 11.6. The van der Waals surface area contributed by atoms with E-state index in [1.54, 1.807) is 56.4 Å².